The number of nitrogens with zero attached hydrogens (tertiary/aromatic N) is 3. The highest BCUT2D eigenvalue weighted by atomic mass is 16.5. The molecule has 0 spiro atoms. The standard InChI is InChI=1S/C45H41N7O9/c53-38-16-15-36(42(57)49-38)52-44(59)33-13-12-32(22-34(33)45(52)60)50-19-17-30(18-20-50)47-41(56)27-5-8-29(9-6-27)46-40(55)26-3-1-25(2-4-26)23-51(31-10-11-31)43(58)28-7-14-35-37(21-28)61-24-39(54)48-35/h1-9,12-14,21-22,30-31,36H,10-11,15-20,23-24H2,(H,46,55)(H,47,56)(H,48,54)(H,49,53,57). The van der Waals surface area contributed by atoms with Crippen molar-refractivity contribution in [3.63, 3.8) is 0 Å². The van der Waals surface area contributed by atoms with E-state index in [0.29, 0.717) is 66.3 Å². The SMILES string of the molecule is O=C1CCC(N2C(=O)c3ccc(N4CCC(NC(=O)c5ccc(NC(=O)c6ccc(CN(C(=O)c7ccc8c(c7)OCC(=O)N8)C7CC7)cc6)cc5)CC4)cc3C2=O)C(=O)N1. The molecule has 4 heterocycles. The third-order valence-corrected chi connectivity index (χ3v) is 11.7. The summed E-state index contributed by atoms with van der Waals surface area (Å²) >= 11 is 0. The van der Waals surface area contributed by atoms with Crippen LogP contribution in [0.25, 0.3) is 0 Å². The zero-order chi connectivity index (χ0) is 42.4. The van der Waals surface area contributed by atoms with Gasteiger partial charge >= 0.3 is 0 Å². The molecule has 5 aliphatic rings. The van der Waals surface area contributed by atoms with E-state index in [0.717, 1.165) is 29.0 Å². The zero-order valence-electron chi connectivity index (χ0n) is 32.9. The zero-order valence-corrected chi connectivity index (χ0v) is 32.9. The molecule has 310 valence electrons. The fourth-order valence-corrected chi connectivity index (χ4v) is 8.20. The summed E-state index contributed by atoms with van der Waals surface area (Å²) in [5, 5.41) is 10.9. The second-order valence-corrected chi connectivity index (χ2v) is 15.9. The Hall–Kier alpha value is -7.36. The Labute approximate surface area is 349 Å². The lowest BCUT2D eigenvalue weighted by atomic mass is 10.0. The van der Waals surface area contributed by atoms with Crippen molar-refractivity contribution < 1.29 is 43.1 Å². The lowest BCUT2D eigenvalue weighted by Crippen LogP contribution is -2.54. The number of nitrogens with one attached hydrogen (secondary N) is 4. The molecule has 4 N–H and O–H groups in total. The molecule has 4 aromatic rings. The molecule has 1 unspecified atom stereocenters. The third kappa shape index (κ3) is 8.03. The van der Waals surface area contributed by atoms with Crippen LogP contribution in [0.3, 0.4) is 0 Å². The number of carbonyl (C=O) groups excluding carboxylic acids is 8. The maximum atomic E-state index is 13.5. The molecule has 16 nitrogen and oxygen atoms in total. The van der Waals surface area contributed by atoms with Gasteiger partial charge in [-0.1, -0.05) is 12.1 Å². The summed E-state index contributed by atoms with van der Waals surface area (Å²) in [7, 11) is 0. The number of hydrogen-bond donors (Lipinski definition) is 4. The molecule has 1 aliphatic carbocycles. The summed E-state index contributed by atoms with van der Waals surface area (Å²) < 4.78 is 5.50. The van der Waals surface area contributed by atoms with Crippen LogP contribution in [-0.4, -0.2) is 94.9 Å². The maximum absolute atomic E-state index is 13.5. The molecule has 4 aromatic carbocycles. The van der Waals surface area contributed by atoms with Crippen LogP contribution in [0.15, 0.2) is 84.9 Å². The number of amides is 8. The first-order valence-electron chi connectivity index (χ1n) is 20.3. The number of ether oxygens (including phenoxy) is 1. The first kappa shape index (κ1) is 39.1. The van der Waals surface area contributed by atoms with E-state index >= 15 is 0 Å². The quantitative estimate of drug-likeness (QED) is 0.170. The Morgan fingerprint density at radius 2 is 1.39 bits per heavy atom. The minimum atomic E-state index is -1.03. The summed E-state index contributed by atoms with van der Waals surface area (Å²) in [5.74, 6) is -2.66. The van der Waals surface area contributed by atoms with E-state index in [1.54, 1.807) is 72.8 Å². The number of hydrogen-bond acceptors (Lipinski definition) is 10. The second kappa shape index (κ2) is 16.0. The van der Waals surface area contributed by atoms with Crippen molar-refractivity contribution in [3.05, 3.63) is 118 Å². The van der Waals surface area contributed by atoms with Crippen molar-refractivity contribution in [2.45, 2.75) is 63.2 Å². The van der Waals surface area contributed by atoms with Gasteiger partial charge in [-0.15, -0.1) is 0 Å². The van der Waals surface area contributed by atoms with E-state index in [4.69, 9.17) is 4.74 Å². The summed E-state index contributed by atoms with van der Waals surface area (Å²) in [6.07, 6.45) is 3.25. The number of piperidine rings is 2. The molecular formula is C45H41N7O9. The molecule has 61 heavy (non-hydrogen) atoms. The molecule has 0 radical (unpaired) electrons. The monoisotopic (exact) mass is 823 g/mol. The van der Waals surface area contributed by atoms with Gasteiger partial charge in [0.1, 0.15) is 11.8 Å². The number of carbonyl (C=O) groups is 8. The number of fused-ring (bicyclic) bond motifs is 2. The highest BCUT2D eigenvalue weighted by Crippen LogP contribution is 2.34. The number of benzene rings is 4. The van der Waals surface area contributed by atoms with Crippen LogP contribution < -0.4 is 30.9 Å². The van der Waals surface area contributed by atoms with Gasteiger partial charge in [0, 0.05) is 66.2 Å². The molecular weight excluding hydrogens is 783 g/mol. The van der Waals surface area contributed by atoms with Gasteiger partial charge in [0.2, 0.25) is 11.8 Å². The summed E-state index contributed by atoms with van der Waals surface area (Å²) in [4.78, 5) is 107. The van der Waals surface area contributed by atoms with Crippen LogP contribution in [0.4, 0.5) is 17.1 Å². The van der Waals surface area contributed by atoms with Gasteiger partial charge in [-0.25, -0.2) is 0 Å². The lowest BCUT2D eigenvalue weighted by Gasteiger charge is -2.34. The molecule has 3 fully saturated rings. The predicted molar refractivity (Wildman–Crippen MR) is 220 cm³/mol. The molecule has 4 aliphatic heterocycles. The minimum Gasteiger partial charge on any atom is -0.482 e. The fraction of sp³-hybridized carbons (Fsp3) is 0.289. The van der Waals surface area contributed by atoms with Crippen LogP contribution in [0, 0.1) is 0 Å². The van der Waals surface area contributed by atoms with Crippen molar-refractivity contribution in [3.8, 4) is 5.75 Å². The first-order chi connectivity index (χ1) is 29.5. The minimum absolute atomic E-state index is 0.0508. The van der Waals surface area contributed by atoms with E-state index < -0.39 is 29.7 Å². The van der Waals surface area contributed by atoms with Crippen LogP contribution in [-0.2, 0) is 20.9 Å². The average molecular weight is 824 g/mol. The Morgan fingerprint density at radius 3 is 2.11 bits per heavy atom. The van der Waals surface area contributed by atoms with Gasteiger partial charge in [-0.3, -0.25) is 48.6 Å². The van der Waals surface area contributed by atoms with Crippen LogP contribution in [0.2, 0.25) is 0 Å². The Bertz CT molecular complexity index is 2510. The van der Waals surface area contributed by atoms with Crippen molar-refractivity contribution in [2.75, 3.05) is 35.2 Å². The van der Waals surface area contributed by atoms with Gasteiger partial charge in [0.15, 0.2) is 6.61 Å². The largest absolute Gasteiger partial charge is 0.482 e. The molecule has 1 atom stereocenters. The van der Waals surface area contributed by atoms with E-state index in [2.05, 4.69) is 26.2 Å². The van der Waals surface area contributed by atoms with Crippen LogP contribution in [0.5, 0.6) is 5.75 Å². The normalized spacial score (nSPS) is 18.7. The predicted octanol–water partition coefficient (Wildman–Crippen LogP) is 3.87. The molecule has 9 rings (SSSR count). The van der Waals surface area contributed by atoms with Gasteiger partial charge in [0.05, 0.1) is 16.8 Å². The third-order valence-electron chi connectivity index (χ3n) is 11.7. The van der Waals surface area contributed by atoms with E-state index in [1.807, 2.05) is 17.0 Å². The van der Waals surface area contributed by atoms with Gasteiger partial charge in [-0.05, 0) is 110 Å². The summed E-state index contributed by atoms with van der Waals surface area (Å²) in [6, 6.07) is 22.8. The highest BCUT2D eigenvalue weighted by molar-refractivity contribution is 6.23. The van der Waals surface area contributed by atoms with Crippen molar-refractivity contribution in [1.82, 2.24) is 20.4 Å². The maximum Gasteiger partial charge on any atom is 0.262 e. The van der Waals surface area contributed by atoms with Crippen LogP contribution in [0.1, 0.15) is 95.9 Å². The van der Waals surface area contributed by atoms with Crippen molar-refractivity contribution in [1.29, 1.82) is 0 Å². The molecule has 8 amide bonds. The Morgan fingerprint density at radius 1 is 0.705 bits per heavy atom. The fourth-order valence-electron chi connectivity index (χ4n) is 8.20. The van der Waals surface area contributed by atoms with Crippen molar-refractivity contribution >= 4 is 64.3 Å². The van der Waals surface area contributed by atoms with E-state index in [1.165, 1.54) is 0 Å². The highest BCUT2D eigenvalue weighted by Gasteiger charge is 2.45. The molecule has 16 heteroatoms. The number of rotatable bonds is 10. The Kier molecular flexibility index (Phi) is 10.3. The number of imide groups is 2. The molecule has 1 saturated carbocycles. The summed E-state index contributed by atoms with van der Waals surface area (Å²) in [6.45, 7) is 1.47. The average Bonchev–Trinajstić information content (AvgIpc) is 4.08. The number of anilines is 3. The first-order valence-corrected chi connectivity index (χ1v) is 20.3. The molecule has 0 aromatic heterocycles. The van der Waals surface area contributed by atoms with E-state index in [9.17, 15) is 38.4 Å². The van der Waals surface area contributed by atoms with Gasteiger partial charge in [0.25, 0.3) is 35.4 Å². The lowest BCUT2D eigenvalue weighted by molar-refractivity contribution is -0.136. The second-order valence-electron chi connectivity index (χ2n) is 15.9. The molecule has 0 bridgehead atoms. The van der Waals surface area contributed by atoms with Gasteiger partial charge in [-0.2, -0.15) is 0 Å². The topological polar surface area (TPSA) is 204 Å². The van der Waals surface area contributed by atoms with Crippen LogP contribution >= 0.6 is 0 Å². The molecule has 2 saturated heterocycles. The van der Waals surface area contributed by atoms with Crippen molar-refractivity contribution in [2.24, 2.45) is 0 Å². The smallest absolute Gasteiger partial charge is 0.262 e. The van der Waals surface area contributed by atoms with Gasteiger partial charge < -0.3 is 30.5 Å². The summed E-state index contributed by atoms with van der Waals surface area (Å²) in [5.41, 5.74) is 4.48. The van der Waals surface area contributed by atoms with E-state index in [-0.39, 0.29) is 66.3 Å². The Balaban J connectivity index is 0.750.